The second-order valence-corrected chi connectivity index (χ2v) is 1.34. The van der Waals surface area contributed by atoms with Crippen LogP contribution in [0, 0.1) is 0 Å². The third-order valence-corrected chi connectivity index (χ3v) is 0. The minimum absolute atomic E-state index is 0. The van der Waals surface area contributed by atoms with Crippen molar-refractivity contribution in [1.29, 1.82) is 0 Å². The maximum Gasteiger partial charge on any atom is 3.00 e. The summed E-state index contributed by atoms with van der Waals surface area (Å²) in [7, 11) is -5.39. The molecule has 0 saturated heterocycles. The molecule has 0 fully saturated rings. The Kier molecular flexibility index (Phi) is 10.5. The third kappa shape index (κ3) is 436. The molecule has 0 bridgehead atoms. The smallest absolute Gasteiger partial charge is 0.822 e. The molecule has 7 heavy (non-hydrogen) atoms. The minimum atomic E-state index is -5.39. The predicted molar refractivity (Wildman–Crippen MR) is 8.71 cm³/mol. The first-order valence-electron chi connectivity index (χ1n) is 0.730. The summed E-state index contributed by atoms with van der Waals surface area (Å²) in [4.78, 5) is 25.6. The van der Waals surface area contributed by atoms with Gasteiger partial charge in [-0.2, -0.15) is 7.82 Å². The number of phosphoric acid groups is 1. The van der Waals surface area contributed by atoms with Gasteiger partial charge in [0.25, 0.3) is 0 Å². The van der Waals surface area contributed by atoms with Crippen molar-refractivity contribution in [2.45, 2.75) is 0 Å². The van der Waals surface area contributed by atoms with E-state index in [2.05, 4.69) is 0 Å². The topological polar surface area (TPSA) is 86.2 Å². The van der Waals surface area contributed by atoms with E-state index in [1.807, 2.05) is 0 Å². The molecule has 0 aromatic carbocycles. The molecule has 0 spiro atoms. The van der Waals surface area contributed by atoms with Crippen LogP contribution in [0.25, 0.3) is 0 Å². The quantitative estimate of drug-likeness (QED) is 0.298. The fraction of sp³-hybridized carbons (Fsp3) is 0. The minimum Gasteiger partial charge on any atom is -0.822 e. The van der Waals surface area contributed by atoms with E-state index in [1.165, 1.54) is 0 Å². The molecule has 0 amide bonds. The van der Waals surface area contributed by atoms with E-state index in [4.69, 9.17) is 19.2 Å². The van der Waals surface area contributed by atoms with Crippen LogP contribution in [0.15, 0.2) is 0 Å². The Morgan fingerprint density at radius 1 is 1.14 bits per heavy atom. The zero-order valence-corrected chi connectivity index (χ0v) is 4.91. The summed E-state index contributed by atoms with van der Waals surface area (Å²) < 4.78 is 8.55. The van der Waals surface area contributed by atoms with E-state index in [9.17, 15) is 0 Å². The van der Waals surface area contributed by atoms with Crippen molar-refractivity contribution in [3.05, 3.63) is 0 Å². The molecule has 43 valence electrons. The van der Waals surface area contributed by atoms with Gasteiger partial charge in [-0.25, -0.2) is 0 Å². The molecule has 0 atom stereocenters. The second-order valence-electron chi connectivity index (χ2n) is 0.447. The van der Waals surface area contributed by atoms with Crippen LogP contribution < -0.4 is 14.7 Å². The van der Waals surface area contributed by atoms with Crippen molar-refractivity contribution in [1.82, 2.24) is 0 Å². The largest absolute Gasteiger partial charge is 3.00 e. The zero-order chi connectivity index (χ0) is 4.50. The Labute approximate surface area is 49.6 Å². The molecular formula is FMnO4P. The van der Waals surface area contributed by atoms with E-state index >= 15 is 0 Å². The Morgan fingerprint density at radius 3 is 1.14 bits per heavy atom. The molecule has 0 rings (SSSR count). The summed E-state index contributed by atoms with van der Waals surface area (Å²) in [6.45, 7) is 0. The van der Waals surface area contributed by atoms with Gasteiger partial charge in [0.05, 0.1) is 0 Å². The van der Waals surface area contributed by atoms with E-state index in [1.54, 1.807) is 0 Å². The molecule has 0 aromatic rings. The van der Waals surface area contributed by atoms with E-state index < -0.39 is 7.82 Å². The monoisotopic (exact) mass is 169 g/mol. The van der Waals surface area contributed by atoms with Crippen molar-refractivity contribution in [3.8, 4) is 0 Å². The van der Waals surface area contributed by atoms with Gasteiger partial charge in [-0.1, -0.05) is 0 Å². The van der Waals surface area contributed by atoms with Crippen LogP contribution in [0.2, 0.25) is 0 Å². The molecule has 0 N–H and O–H groups in total. The van der Waals surface area contributed by atoms with Crippen LogP contribution in [0.5, 0.6) is 0 Å². The Hall–Kier alpha value is 0.559. The Balaban J connectivity index is -0.0000000800. The molecule has 0 heterocycles. The van der Waals surface area contributed by atoms with Crippen LogP contribution >= 0.6 is 7.82 Å². The van der Waals surface area contributed by atoms with Crippen molar-refractivity contribution in [2.24, 2.45) is 0 Å². The molecule has 7 heteroatoms. The fourth-order valence-corrected chi connectivity index (χ4v) is 0. The molecule has 0 aliphatic carbocycles. The van der Waals surface area contributed by atoms with Crippen LogP contribution in [0.3, 0.4) is 0 Å². The normalized spacial score (nSPS) is 8.43. The van der Waals surface area contributed by atoms with Gasteiger partial charge in [0.15, 0.2) is 0 Å². The van der Waals surface area contributed by atoms with Gasteiger partial charge in [-0.3, -0.25) is 0 Å². The van der Waals surface area contributed by atoms with Gasteiger partial charge in [0.2, 0.25) is 0 Å². The standard InChI is InChI=1S/F.Mn.H3O4P/c;;1-5(2,3)4/h;;(H3,1,2,3,4)/q;+3;/p-3. The summed E-state index contributed by atoms with van der Waals surface area (Å²) >= 11 is 0. The summed E-state index contributed by atoms with van der Waals surface area (Å²) in [5, 5.41) is 0. The molecule has 0 saturated carbocycles. The van der Waals surface area contributed by atoms with E-state index in [-0.39, 0.29) is 21.8 Å². The van der Waals surface area contributed by atoms with Crippen molar-refractivity contribution >= 4 is 7.82 Å². The van der Waals surface area contributed by atoms with Gasteiger partial charge >= 0.3 is 17.1 Å². The Morgan fingerprint density at radius 2 is 1.14 bits per heavy atom. The molecule has 0 aromatic heterocycles. The van der Waals surface area contributed by atoms with Crippen LogP contribution in [-0.2, 0) is 21.6 Å². The second kappa shape index (κ2) is 4.71. The first kappa shape index (κ1) is 15.6. The van der Waals surface area contributed by atoms with Crippen LogP contribution in [0.1, 0.15) is 0 Å². The summed E-state index contributed by atoms with van der Waals surface area (Å²) in [6.07, 6.45) is 0. The maximum absolute atomic E-state index is 8.55. The van der Waals surface area contributed by atoms with Gasteiger partial charge in [-0.05, 0) is 0 Å². The average Bonchev–Trinajstić information content (AvgIpc) is 0.722. The van der Waals surface area contributed by atoms with Crippen molar-refractivity contribution in [2.75, 3.05) is 0 Å². The van der Waals surface area contributed by atoms with Gasteiger partial charge < -0.3 is 19.2 Å². The SMILES string of the molecule is O=P([O-])([O-])[O-].[F].[Mn+3]. The summed E-state index contributed by atoms with van der Waals surface area (Å²) in [6, 6.07) is 0. The van der Waals surface area contributed by atoms with Crippen molar-refractivity contribution < 1.29 is 41.0 Å². The Bertz CT molecular complexity index is 57.8. The van der Waals surface area contributed by atoms with Gasteiger partial charge in [0, 0.05) is 4.70 Å². The molecule has 4 nitrogen and oxygen atoms in total. The first-order valence-corrected chi connectivity index (χ1v) is 2.19. The molecule has 1 radical (unpaired) electrons. The van der Waals surface area contributed by atoms with Gasteiger partial charge in [0.1, 0.15) is 0 Å². The predicted octanol–water partition coefficient (Wildman–Crippen LogP) is -2.41. The average molecular weight is 169 g/mol. The maximum atomic E-state index is 8.55. The fourth-order valence-electron chi connectivity index (χ4n) is 0. The number of halogens is 1. The van der Waals surface area contributed by atoms with E-state index in [0.29, 0.717) is 0 Å². The van der Waals surface area contributed by atoms with Gasteiger partial charge in [-0.15, -0.1) is 0 Å². The number of rotatable bonds is 0. The summed E-state index contributed by atoms with van der Waals surface area (Å²) in [5.41, 5.74) is 0. The molecule has 0 aliphatic heterocycles. The molecule has 0 unspecified atom stereocenters. The number of hydrogen-bond acceptors (Lipinski definition) is 4. The van der Waals surface area contributed by atoms with Crippen molar-refractivity contribution in [3.63, 3.8) is 0 Å². The summed E-state index contributed by atoms with van der Waals surface area (Å²) in [5.74, 6) is 0. The molecule has 0 aliphatic rings. The third-order valence-electron chi connectivity index (χ3n) is 0. The first-order chi connectivity index (χ1) is 2.00. The van der Waals surface area contributed by atoms with E-state index in [0.717, 1.165) is 0 Å². The van der Waals surface area contributed by atoms with Crippen LogP contribution in [-0.4, -0.2) is 0 Å². The van der Waals surface area contributed by atoms with Crippen LogP contribution in [0.4, 0.5) is 4.70 Å². The zero-order valence-electron chi connectivity index (χ0n) is 2.84. The number of hydrogen-bond donors (Lipinski definition) is 0. The molecular weight excluding hydrogens is 169 g/mol.